The van der Waals surface area contributed by atoms with Crippen molar-refractivity contribution in [2.75, 3.05) is 12.0 Å². The molecule has 1 aliphatic rings. The fourth-order valence-electron chi connectivity index (χ4n) is 3.64. The van der Waals surface area contributed by atoms with Gasteiger partial charge in [-0.25, -0.2) is 13.2 Å². The summed E-state index contributed by atoms with van der Waals surface area (Å²) in [6, 6.07) is 12.3. The molecule has 3 aromatic carbocycles. The maximum atomic E-state index is 14.6. The minimum atomic E-state index is -1.28. The van der Waals surface area contributed by atoms with E-state index in [1.54, 1.807) is 12.1 Å². The number of nitrogens with zero attached hydrogens (tertiary/aromatic N) is 1. The lowest BCUT2D eigenvalue weighted by molar-refractivity contribution is -0.132. The van der Waals surface area contributed by atoms with E-state index in [1.807, 2.05) is 0 Å². The summed E-state index contributed by atoms with van der Waals surface area (Å²) in [5, 5.41) is 11.0. The number of rotatable bonds is 4. The predicted octanol–water partition coefficient (Wildman–Crippen LogP) is 4.74. The van der Waals surface area contributed by atoms with Gasteiger partial charge in [-0.1, -0.05) is 24.3 Å². The van der Waals surface area contributed by atoms with Crippen molar-refractivity contribution in [1.29, 1.82) is 0 Å². The van der Waals surface area contributed by atoms with Crippen LogP contribution < -0.4 is 9.64 Å². The number of methoxy groups -OCH3 is 1. The number of aliphatic hydroxyl groups is 1. The molecule has 32 heavy (non-hydrogen) atoms. The summed E-state index contributed by atoms with van der Waals surface area (Å²) >= 11 is 0. The van der Waals surface area contributed by atoms with E-state index >= 15 is 0 Å². The van der Waals surface area contributed by atoms with Gasteiger partial charge in [0.1, 0.15) is 29.0 Å². The van der Waals surface area contributed by atoms with Gasteiger partial charge in [-0.05, 0) is 42.0 Å². The molecule has 0 radical (unpaired) electrons. The third kappa shape index (κ3) is 3.60. The van der Waals surface area contributed by atoms with Crippen LogP contribution in [0.15, 0.2) is 72.3 Å². The largest absolute Gasteiger partial charge is 0.507 e. The van der Waals surface area contributed by atoms with Gasteiger partial charge in [0.05, 0.1) is 24.4 Å². The van der Waals surface area contributed by atoms with Crippen LogP contribution in [0.2, 0.25) is 0 Å². The Morgan fingerprint density at radius 3 is 2.28 bits per heavy atom. The van der Waals surface area contributed by atoms with Gasteiger partial charge in [-0.3, -0.25) is 14.5 Å². The average molecular weight is 439 g/mol. The number of halogens is 3. The second kappa shape index (κ2) is 8.22. The number of hydrogen-bond donors (Lipinski definition) is 1. The van der Waals surface area contributed by atoms with Gasteiger partial charge in [0.25, 0.3) is 11.7 Å². The standard InChI is InChI=1S/C24H16F3NO4/c1-32-17-4-2-3-14(11-17)22(29)20-21(13-5-7-15(25)8-6-13)28(24(31)23(20)30)19-10-9-16(26)12-18(19)27/h2-12,21,29H,1H3/b22-20+. The van der Waals surface area contributed by atoms with Crippen molar-refractivity contribution in [3.05, 3.63) is 101 Å². The monoisotopic (exact) mass is 439 g/mol. The second-order valence-electron chi connectivity index (χ2n) is 7.05. The first-order valence-electron chi connectivity index (χ1n) is 9.47. The van der Waals surface area contributed by atoms with E-state index in [2.05, 4.69) is 0 Å². The van der Waals surface area contributed by atoms with Crippen molar-refractivity contribution < 1.29 is 32.6 Å². The number of anilines is 1. The van der Waals surface area contributed by atoms with Crippen molar-refractivity contribution in [3.8, 4) is 5.75 Å². The minimum Gasteiger partial charge on any atom is -0.507 e. The Kier molecular flexibility index (Phi) is 5.44. The molecule has 3 aromatic rings. The maximum absolute atomic E-state index is 14.6. The Labute approximate surface area is 181 Å². The fourth-order valence-corrected chi connectivity index (χ4v) is 3.64. The number of carbonyl (C=O) groups is 2. The van der Waals surface area contributed by atoms with Crippen LogP contribution in [0.5, 0.6) is 5.75 Å². The molecule has 4 rings (SSSR count). The van der Waals surface area contributed by atoms with E-state index in [9.17, 15) is 27.9 Å². The summed E-state index contributed by atoms with van der Waals surface area (Å²) in [5.41, 5.74) is -0.237. The van der Waals surface area contributed by atoms with E-state index in [-0.39, 0.29) is 22.4 Å². The molecular formula is C24H16F3NO4. The van der Waals surface area contributed by atoms with Gasteiger partial charge in [0.2, 0.25) is 0 Å². The summed E-state index contributed by atoms with van der Waals surface area (Å²) < 4.78 is 46.7. The van der Waals surface area contributed by atoms with Crippen LogP contribution in [0.3, 0.4) is 0 Å². The van der Waals surface area contributed by atoms with Crippen LogP contribution >= 0.6 is 0 Å². The molecule has 1 heterocycles. The fraction of sp³-hybridized carbons (Fsp3) is 0.0833. The first-order valence-corrected chi connectivity index (χ1v) is 9.47. The number of aliphatic hydroxyl groups excluding tert-OH is 1. The summed E-state index contributed by atoms with van der Waals surface area (Å²) in [6.07, 6.45) is 0. The Balaban J connectivity index is 1.96. The average Bonchev–Trinajstić information content (AvgIpc) is 3.04. The molecule has 0 bridgehead atoms. The van der Waals surface area contributed by atoms with Crippen LogP contribution in [0.1, 0.15) is 17.2 Å². The van der Waals surface area contributed by atoms with Crippen molar-refractivity contribution in [3.63, 3.8) is 0 Å². The van der Waals surface area contributed by atoms with Crippen molar-refractivity contribution in [2.24, 2.45) is 0 Å². The summed E-state index contributed by atoms with van der Waals surface area (Å²) in [7, 11) is 1.42. The molecule has 1 atom stereocenters. The van der Waals surface area contributed by atoms with Gasteiger partial charge in [-0.15, -0.1) is 0 Å². The molecule has 0 spiro atoms. The number of hydrogen-bond acceptors (Lipinski definition) is 4. The normalized spacial score (nSPS) is 17.6. The van der Waals surface area contributed by atoms with Gasteiger partial charge in [-0.2, -0.15) is 0 Å². The SMILES string of the molecule is COc1cccc(/C(O)=C2\C(=O)C(=O)N(c3ccc(F)cc3F)C2c2ccc(F)cc2)c1. The molecule has 0 aliphatic carbocycles. The zero-order valence-electron chi connectivity index (χ0n) is 16.7. The van der Waals surface area contributed by atoms with Gasteiger partial charge in [0.15, 0.2) is 0 Å². The van der Waals surface area contributed by atoms with Crippen molar-refractivity contribution in [1.82, 2.24) is 0 Å². The number of Topliss-reactive ketones (excluding diaryl/α,β-unsaturated/α-hetero) is 1. The highest BCUT2D eigenvalue weighted by Gasteiger charge is 2.47. The van der Waals surface area contributed by atoms with Crippen molar-refractivity contribution >= 4 is 23.1 Å². The first-order chi connectivity index (χ1) is 15.3. The molecule has 0 aromatic heterocycles. The third-order valence-corrected chi connectivity index (χ3v) is 5.14. The maximum Gasteiger partial charge on any atom is 0.300 e. The Bertz CT molecular complexity index is 1250. The highest BCUT2D eigenvalue weighted by atomic mass is 19.1. The lowest BCUT2D eigenvalue weighted by Crippen LogP contribution is -2.30. The van der Waals surface area contributed by atoms with E-state index < -0.39 is 40.9 Å². The summed E-state index contributed by atoms with van der Waals surface area (Å²) in [5.74, 6) is -4.80. The highest BCUT2D eigenvalue weighted by molar-refractivity contribution is 6.51. The molecule has 1 unspecified atom stereocenters. The minimum absolute atomic E-state index is 0.189. The summed E-state index contributed by atoms with van der Waals surface area (Å²) in [6.45, 7) is 0. The van der Waals surface area contributed by atoms with Crippen molar-refractivity contribution in [2.45, 2.75) is 6.04 Å². The quantitative estimate of drug-likeness (QED) is 0.362. The van der Waals surface area contributed by atoms with E-state index in [4.69, 9.17) is 4.74 Å². The van der Waals surface area contributed by atoms with Crippen LogP contribution in [0.4, 0.5) is 18.9 Å². The topological polar surface area (TPSA) is 66.8 Å². The zero-order valence-corrected chi connectivity index (χ0v) is 16.7. The highest BCUT2D eigenvalue weighted by Crippen LogP contribution is 2.43. The van der Waals surface area contributed by atoms with E-state index in [0.717, 1.165) is 29.2 Å². The predicted molar refractivity (Wildman–Crippen MR) is 111 cm³/mol. The molecule has 1 N–H and O–H groups in total. The molecule has 1 fully saturated rings. The number of ether oxygens (including phenoxy) is 1. The van der Waals surface area contributed by atoms with Gasteiger partial charge in [0, 0.05) is 11.6 Å². The van der Waals surface area contributed by atoms with Crippen LogP contribution in [-0.4, -0.2) is 23.9 Å². The number of ketones is 1. The van der Waals surface area contributed by atoms with Crippen LogP contribution in [0, 0.1) is 17.5 Å². The third-order valence-electron chi connectivity index (χ3n) is 5.14. The zero-order chi connectivity index (χ0) is 23.0. The molecule has 8 heteroatoms. The molecular weight excluding hydrogens is 423 g/mol. The Morgan fingerprint density at radius 2 is 1.62 bits per heavy atom. The second-order valence-corrected chi connectivity index (χ2v) is 7.05. The van der Waals surface area contributed by atoms with E-state index in [1.165, 1.54) is 31.4 Å². The Hall–Kier alpha value is -4.07. The molecule has 1 amide bonds. The molecule has 5 nitrogen and oxygen atoms in total. The van der Waals surface area contributed by atoms with E-state index in [0.29, 0.717) is 11.8 Å². The first kappa shape index (κ1) is 21.2. The number of benzene rings is 3. The lowest BCUT2D eigenvalue weighted by Gasteiger charge is -2.25. The lowest BCUT2D eigenvalue weighted by atomic mass is 9.95. The van der Waals surface area contributed by atoms with Crippen LogP contribution in [-0.2, 0) is 9.59 Å². The molecule has 0 saturated carbocycles. The molecule has 1 saturated heterocycles. The smallest absolute Gasteiger partial charge is 0.300 e. The summed E-state index contributed by atoms with van der Waals surface area (Å²) in [4.78, 5) is 26.7. The number of amides is 1. The molecule has 162 valence electrons. The van der Waals surface area contributed by atoms with Gasteiger partial charge >= 0.3 is 0 Å². The van der Waals surface area contributed by atoms with Gasteiger partial charge < -0.3 is 9.84 Å². The Morgan fingerprint density at radius 1 is 0.938 bits per heavy atom. The number of carbonyl (C=O) groups excluding carboxylic acids is 2. The van der Waals surface area contributed by atoms with Crippen LogP contribution in [0.25, 0.3) is 5.76 Å². The molecule has 1 aliphatic heterocycles.